The summed E-state index contributed by atoms with van der Waals surface area (Å²) in [7, 11) is 0. The minimum Gasteiger partial charge on any atom is -0.455 e. The second kappa shape index (κ2) is 12.4. The number of hydrogen-bond donors (Lipinski definition) is 2. The van der Waals surface area contributed by atoms with Crippen LogP contribution in [0.1, 0.15) is 29.2 Å². The second-order valence-corrected chi connectivity index (χ2v) is 8.08. The average Bonchev–Trinajstić information content (AvgIpc) is 2.83. The molecule has 0 saturated heterocycles. The second-order valence-electron chi connectivity index (χ2n) is 7.67. The quantitative estimate of drug-likeness (QED) is 0.425. The summed E-state index contributed by atoms with van der Waals surface area (Å²) in [5.74, 6) is -0.996. The van der Waals surface area contributed by atoms with Crippen molar-refractivity contribution in [2.24, 2.45) is 5.73 Å². The Morgan fingerprint density at radius 1 is 0.853 bits per heavy atom. The predicted molar refractivity (Wildman–Crippen MR) is 130 cm³/mol. The number of nitrogens with one attached hydrogen (secondary N) is 1. The number of urea groups is 1. The van der Waals surface area contributed by atoms with Crippen molar-refractivity contribution in [3.8, 4) is 0 Å². The zero-order valence-electron chi connectivity index (χ0n) is 18.5. The largest absolute Gasteiger partial charge is 0.455 e. The van der Waals surface area contributed by atoms with Crippen LogP contribution in [0.5, 0.6) is 0 Å². The lowest BCUT2D eigenvalue weighted by atomic mass is 10.0. The molecule has 3 aromatic carbocycles. The minimum atomic E-state index is -0.800. The highest BCUT2D eigenvalue weighted by molar-refractivity contribution is 6.31. The number of carbonyl (C=O) groups is 3. The fourth-order valence-corrected chi connectivity index (χ4v) is 3.73. The predicted octanol–water partition coefficient (Wildman–Crippen LogP) is 4.21. The molecule has 0 aliphatic carbocycles. The standard InChI is InChI=1S/C26H26ClN3O4/c27-22-14-8-7-13-21(22)23(29-26(28)33)15-25(32)34-18-24(31)30(16-19-9-3-1-4-10-19)17-20-11-5-2-6-12-20/h1-14,23H,15-18H2,(H3,28,29,33). The number of amides is 3. The fourth-order valence-electron chi connectivity index (χ4n) is 3.47. The molecule has 1 atom stereocenters. The van der Waals surface area contributed by atoms with Gasteiger partial charge in [-0.2, -0.15) is 0 Å². The normalized spacial score (nSPS) is 11.3. The third kappa shape index (κ3) is 7.64. The van der Waals surface area contributed by atoms with Crippen LogP contribution in [-0.4, -0.2) is 29.4 Å². The molecule has 3 rings (SSSR count). The van der Waals surface area contributed by atoms with Gasteiger partial charge in [0.15, 0.2) is 6.61 Å². The molecule has 3 N–H and O–H groups in total. The third-order valence-electron chi connectivity index (χ3n) is 5.11. The average molecular weight is 480 g/mol. The number of benzene rings is 3. The van der Waals surface area contributed by atoms with Gasteiger partial charge in [0.25, 0.3) is 5.91 Å². The highest BCUT2D eigenvalue weighted by Gasteiger charge is 2.22. The van der Waals surface area contributed by atoms with Gasteiger partial charge in [-0.25, -0.2) is 4.79 Å². The van der Waals surface area contributed by atoms with E-state index in [9.17, 15) is 14.4 Å². The van der Waals surface area contributed by atoms with Crippen LogP contribution in [-0.2, 0) is 27.4 Å². The first-order valence-corrected chi connectivity index (χ1v) is 11.1. The number of nitrogens with zero attached hydrogens (tertiary/aromatic N) is 1. The van der Waals surface area contributed by atoms with Crippen molar-refractivity contribution in [2.45, 2.75) is 25.6 Å². The molecule has 0 aliphatic rings. The lowest BCUT2D eigenvalue weighted by Gasteiger charge is -2.23. The number of hydrogen-bond acceptors (Lipinski definition) is 4. The van der Waals surface area contributed by atoms with Crippen LogP contribution in [0, 0.1) is 0 Å². The molecule has 8 heteroatoms. The van der Waals surface area contributed by atoms with E-state index in [-0.39, 0.29) is 12.3 Å². The van der Waals surface area contributed by atoms with Crippen LogP contribution in [0.15, 0.2) is 84.9 Å². The monoisotopic (exact) mass is 479 g/mol. The summed E-state index contributed by atoms with van der Waals surface area (Å²) in [5, 5.41) is 2.88. The molecular formula is C26H26ClN3O4. The summed E-state index contributed by atoms with van der Waals surface area (Å²) in [6.45, 7) is 0.319. The first-order valence-electron chi connectivity index (χ1n) is 10.7. The van der Waals surface area contributed by atoms with Crippen LogP contribution in [0.25, 0.3) is 0 Å². The zero-order valence-corrected chi connectivity index (χ0v) is 19.3. The molecule has 7 nitrogen and oxygen atoms in total. The number of halogens is 1. The summed E-state index contributed by atoms with van der Waals surface area (Å²) in [4.78, 5) is 38.6. The molecule has 0 heterocycles. The van der Waals surface area contributed by atoms with E-state index in [1.54, 1.807) is 29.2 Å². The van der Waals surface area contributed by atoms with Gasteiger partial charge in [0, 0.05) is 18.1 Å². The number of rotatable bonds is 10. The molecule has 3 amide bonds. The van der Waals surface area contributed by atoms with E-state index in [4.69, 9.17) is 22.1 Å². The van der Waals surface area contributed by atoms with Crippen molar-refractivity contribution in [1.82, 2.24) is 10.2 Å². The lowest BCUT2D eigenvalue weighted by molar-refractivity contribution is -0.153. The van der Waals surface area contributed by atoms with Gasteiger partial charge in [0.2, 0.25) is 0 Å². The number of ether oxygens (including phenoxy) is 1. The van der Waals surface area contributed by atoms with Crippen LogP contribution in [0.4, 0.5) is 4.79 Å². The molecule has 34 heavy (non-hydrogen) atoms. The van der Waals surface area contributed by atoms with Gasteiger partial charge in [-0.05, 0) is 22.8 Å². The number of primary amides is 1. The SMILES string of the molecule is NC(=O)NC(CC(=O)OCC(=O)N(Cc1ccccc1)Cc1ccccc1)c1ccccc1Cl. The van der Waals surface area contributed by atoms with E-state index in [1.165, 1.54) is 0 Å². The van der Waals surface area contributed by atoms with Gasteiger partial charge in [0.05, 0.1) is 12.5 Å². The van der Waals surface area contributed by atoms with Crippen molar-refractivity contribution in [1.29, 1.82) is 0 Å². The highest BCUT2D eigenvalue weighted by Crippen LogP contribution is 2.25. The van der Waals surface area contributed by atoms with Crippen molar-refractivity contribution in [2.75, 3.05) is 6.61 Å². The van der Waals surface area contributed by atoms with E-state index in [1.807, 2.05) is 60.7 Å². The van der Waals surface area contributed by atoms with Crippen LogP contribution in [0.3, 0.4) is 0 Å². The van der Waals surface area contributed by atoms with Gasteiger partial charge < -0.3 is 20.7 Å². The Balaban J connectivity index is 1.65. The molecular weight excluding hydrogens is 454 g/mol. The molecule has 0 saturated carbocycles. The third-order valence-corrected chi connectivity index (χ3v) is 5.45. The molecule has 0 spiro atoms. The van der Waals surface area contributed by atoms with Crippen LogP contribution >= 0.6 is 11.6 Å². The van der Waals surface area contributed by atoms with E-state index < -0.39 is 24.6 Å². The molecule has 3 aromatic rings. The van der Waals surface area contributed by atoms with E-state index >= 15 is 0 Å². The highest BCUT2D eigenvalue weighted by atomic mass is 35.5. The maximum atomic E-state index is 13.0. The first kappa shape index (κ1) is 24.8. The number of carbonyl (C=O) groups excluding carboxylic acids is 3. The fraction of sp³-hybridized carbons (Fsp3) is 0.192. The minimum absolute atomic E-state index is 0.225. The van der Waals surface area contributed by atoms with Crippen molar-refractivity contribution >= 4 is 29.5 Å². The first-order chi connectivity index (χ1) is 16.4. The molecule has 176 valence electrons. The summed E-state index contributed by atoms with van der Waals surface area (Å²) in [6, 6.07) is 24.4. The van der Waals surface area contributed by atoms with Crippen molar-refractivity contribution < 1.29 is 19.1 Å². The van der Waals surface area contributed by atoms with E-state index in [0.717, 1.165) is 11.1 Å². The molecule has 0 fully saturated rings. The van der Waals surface area contributed by atoms with Gasteiger partial charge in [-0.15, -0.1) is 0 Å². The maximum absolute atomic E-state index is 13.0. The number of esters is 1. The Hall–Kier alpha value is -3.84. The van der Waals surface area contributed by atoms with Gasteiger partial charge in [-0.3, -0.25) is 9.59 Å². The molecule has 0 bridgehead atoms. The molecule has 1 unspecified atom stereocenters. The molecule has 0 aromatic heterocycles. The summed E-state index contributed by atoms with van der Waals surface area (Å²) in [5.41, 5.74) is 7.71. The van der Waals surface area contributed by atoms with Gasteiger partial charge in [-0.1, -0.05) is 90.5 Å². The Labute approximate surface area is 203 Å². The number of nitrogens with two attached hydrogens (primary N) is 1. The van der Waals surface area contributed by atoms with Crippen LogP contribution in [0.2, 0.25) is 5.02 Å². The topological polar surface area (TPSA) is 102 Å². The Bertz CT molecular complexity index is 1070. The molecule has 0 radical (unpaired) electrons. The Kier molecular flexibility index (Phi) is 9.05. The van der Waals surface area contributed by atoms with Crippen molar-refractivity contribution in [3.05, 3.63) is 107 Å². The smallest absolute Gasteiger partial charge is 0.312 e. The Morgan fingerprint density at radius 2 is 1.38 bits per heavy atom. The van der Waals surface area contributed by atoms with Gasteiger partial charge in [0.1, 0.15) is 0 Å². The molecule has 0 aliphatic heterocycles. The summed E-state index contributed by atoms with van der Waals surface area (Å²) in [6.07, 6.45) is -0.225. The van der Waals surface area contributed by atoms with Crippen molar-refractivity contribution in [3.63, 3.8) is 0 Å². The van der Waals surface area contributed by atoms with Crippen LogP contribution < -0.4 is 11.1 Å². The summed E-state index contributed by atoms with van der Waals surface area (Å²) < 4.78 is 5.27. The van der Waals surface area contributed by atoms with E-state index in [2.05, 4.69) is 5.32 Å². The Morgan fingerprint density at radius 3 is 1.91 bits per heavy atom. The zero-order chi connectivity index (χ0) is 24.3. The van der Waals surface area contributed by atoms with Gasteiger partial charge >= 0.3 is 12.0 Å². The van der Waals surface area contributed by atoms with E-state index in [0.29, 0.717) is 23.7 Å². The lowest BCUT2D eigenvalue weighted by Crippen LogP contribution is -2.36. The summed E-state index contributed by atoms with van der Waals surface area (Å²) >= 11 is 6.20. The maximum Gasteiger partial charge on any atom is 0.312 e.